The molecule has 2 N–H and O–H groups in total. The van der Waals surface area contributed by atoms with E-state index in [-0.39, 0.29) is 18.5 Å². The van der Waals surface area contributed by atoms with Crippen LogP contribution in [0.25, 0.3) is 0 Å². The lowest BCUT2D eigenvalue weighted by Gasteiger charge is -2.17. The number of hydrogen-bond acceptors (Lipinski definition) is 3. The molecule has 0 saturated carbocycles. The third-order valence-corrected chi connectivity index (χ3v) is 3.21. The second kappa shape index (κ2) is 7.33. The first kappa shape index (κ1) is 14.9. The van der Waals surface area contributed by atoms with Crippen molar-refractivity contribution in [1.82, 2.24) is 5.32 Å². The molecule has 2 aromatic carbocycles. The number of amides is 1. The third kappa shape index (κ3) is 4.24. The Morgan fingerprint density at radius 3 is 2.48 bits per heavy atom. The zero-order valence-electron chi connectivity index (χ0n) is 12.3. The average molecular weight is 284 g/mol. The Bertz CT molecular complexity index is 584. The van der Waals surface area contributed by atoms with E-state index in [2.05, 4.69) is 10.6 Å². The van der Waals surface area contributed by atoms with E-state index in [9.17, 15) is 4.79 Å². The van der Waals surface area contributed by atoms with Crippen LogP contribution < -0.4 is 15.4 Å². The normalized spacial score (nSPS) is 11.5. The first-order valence-electron chi connectivity index (χ1n) is 6.92. The van der Waals surface area contributed by atoms with Crippen LogP contribution in [0.4, 0.5) is 5.69 Å². The van der Waals surface area contributed by atoms with Crippen molar-refractivity contribution in [3.63, 3.8) is 0 Å². The lowest BCUT2D eigenvalue weighted by molar-refractivity contribution is -0.120. The third-order valence-electron chi connectivity index (χ3n) is 3.21. The molecule has 0 aliphatic heterocycles. The van der Waals surface area contributed by atoms with Crippen molar-refractivity contribution in [1.29, 1.82) is 0 Å². The van der Waals surface area contributed by atoms with Crippen molar-refractivity contribution in [2.24, 2.45) is 0 Å². The number of methoxy groups -OCH3 is 1. The highest BCUT2D eigenvalue weighted by atomic mass is 16.5. The van der Waals surface area contributed by atoms with Gasteiger partial charge in [-0.1, -0.05) is 36.4 Å². The summed E-state index contributed by atoms with van der Waals surface area (Å²) in [4.78, 5) is 12.0. The van der Waals surface area contributed by atoms with Crippen LogP contribution >= 0.6 is 0 Å². The van der Waals surface area contributed by atoms with Crippen molar-refractivity contribution < 1.29 is 9.53 Å². The summed E-state index contributed by atoms with van der Waals surface area (Å²) in [6, 6.07) is 17.2. The summed E-state index contributed by atoms with van der Waals surface area (Å²) in [5.74, 6) is 0.721. The molecule has 0 fully saturated rings. The van der Waals surface area contributed by atoms with E-state index >= 15 is 0 Å². The zero-order chi connectivity index (χ0) is 15.1. The number of nitrogens with one attached hydrogen (secondary N) is 2. The molecular weight excluding hydrogens is 264 g/mol. The van der Waals surface area contributed by atoms with Gasteiger partial charge in [-0.3, -0.25) is 4.79 Å². The summed E-state index contributed by atoms with van der Waals surface area (Å²) < 4.78 is 5.31. The lowest BCUT2D eigenvalue weighted by atomic mass is 10.1. The molecule has 0 aliphatic rings. The molecule has 4 heteroatoms. The quantitative estimate of drug-likeness (QED) is 0.857. The molecule has 0 unspecified atom stereocenters. The summed E-state index contributed by atoms with van der Waals surface area (Å²) in [6.45, 7) is 2.18. The number of rotatable bonds is 6. The zero-order valence-corrected chi connectivity index (χ0v) is 12.3. The Balaban J connectivity index is 1.90. The van der Waals surface area contributed by atoms with Crippen LogP contribution in [-0.4, -0.2) is 19.6 Å². The Morgan fingerprint density at radius 2 is 1.76 bits per heavy atom. The monoisotopic (exact) mass is 284 g/mol. The number of carbonyl (C=O) groups excluding carboxylic acids is 1. The largest absolute Gasteiger partial charge is 0.496 e. The first-order chi connectivity index (χ1) is 10.2. The molecular formula is C17H20N2O2. The van der Waals surface area contributed by atoms with E-state index in [1.807, 2.05) is 61.5 Å². The maximum Gasteiger partial charge on any atom is 0.239 e. The fraction of sp³-hybridized carbons (Fsp3) is 0.235. The average Bonchev–Trinajstić information content (AvgIpc) is 2.53. The van der Waals surface area contributed by atoms with Gasteiger partial charge in [-0.25, -0.2) is 0 Å². The van der Waals surface area contributed by atoms with Crippen LogP contribution in [0, 0.1) is 0 Å². The van der Waals surface area contributed by atoms with Crippen molar-refractivity contribution in [3.05, 3.63) is 60.2 Å². The number of ether oxygens (including phenoxy) is 1. The molecule has 2 aromatic rings. The van der Waals surface area contributed by atoms with E-state index in [0.29, 0.717) is 0 Å². The maximum atomic E-state index is 12.0. The second-order valence-corrected chi connectivity index (χ2v) is 4.75. The van der Waals surface area contributed by atoms with Gasteiger partial charge in [0.1, 0.15) is 5.75 Å². The van der Waals surface area contributed by atoms with Gasteiger partial charge in [0.15, 0.2) is 0 Å². The fourth-order valence-electron chi connectivity index (χ4n) is 2.13. The molecule has 0 radical (unpaired) electrons. The molecule has 110 valence electrons. The van der Waals surface area contributed by atoms with Crippen molar-refractivity contribution >= 4 is 11.6 Å². The Morgan fingerprint density at radius 1 is 1.10 bits per heavy atom. The molecule has 0 saturated heterocycles. The van der Waals surface area contributed by atoms with E-state index in [1.165, 1.54) is 0 Å². The van der Waals surface area contributed by atoms with Crippen LogP contribution in [0.1, 0.15) is 18.5 Å². The van der Waals surface area contributed by atoms with Gasteiger partial charge in [-0.15, -0.1) is 0 Å². The summed E-state index contributed by atoms with van der Waals surface area (Å²) >= 11 is 0. The molecule has 0 heterocycles. The Kier molecular flexibility index (Phi) is 5.21. The summed E-state index contributed by atoms with van der Waals surface area (Å²) in [7, 11) is 1.63. The number of benzene rings is 2. The molecule has 1 amide bonds. The maximum absolute atomic E-state index is 12.0. The van der Waals surface area contributed by atoms with Gasteiger partial charge in [-0.2, -0.15) is 0 Å². The van der Waals surface area contributed by atoms with Gasteiger partial charge in [0.05, 0.1) is 19.7 Å². The molecule has 0 bridgehead atoms. The van der Waals surface area contributed by atoms with Gasteiger partial charge < -0.3 is 15.4 Å². The second-order valence-electron chi connectivity index (χ2n) is 4.75. The highest BCUT2D eigenvalue weighted by Crippen LogP contribution is 2.24. The van der Waals surface area contributed by atoms with Crippen LogP contribution in [-0.2, 0) is 4.79 Å². The minimum atomic E-state index is -0.105. The smallest absolute Gasteiger partial charge is 0.239 e. The minimum absolute atomic E-state index is 0.0581. The van der Waals surface area contributed by atoms with Gasteiger partial charge in [0, 0.05) is 11.3 Å². The lowest BCUT2D eigenvalue weighted by Crippen LogP contribution is -2.32. The van der Waals surface area contributed by atoms with Gasteiger partial charge in [-0.05, 0) is 25.1 Å². The summed E-state index contributed by atoms with van der Waals surface area (Å²) in [6.07, 6.45) is 0. The van der Waals surface area contributed by atoms with Gasteiger partial charge >= 0.3 is 0 Å². The first-order valence-corrected chi connectivity index (χ1v) is 6.92. The van der Waals surface area contributed by atoms with Crippen molar-refractivity contribution in [3.8, 4) is 5.75 Å². The van der Waals surface area contributed by atoms with Crippen molar-refractivity contribution in [2.45, 2.75) is 13.0 Å². The highest BCUT2D eigenvalue weighted by molar-refractivity contribution is 5.81. The van der Waals surface area contributed by atoms with Gasteiger partial charge in [0.2, 0.25) is 5.91 Å². The van der Waals surface area contributed by atoms with Crippen LogP contribution in [0.2, 0.25) is 0 Å². The van der Waals surface area contributed by atoms with E-state index in [4.69, 9.17) is 4.74 Å². The fourth-order valence-corrected chi connectivity index (χ4v) is 2.13. The highest BCUT2D eigenvalue weighted by Gasteiger charge is 2.13. The van der Waals surface area contributed by atoms with Gasteiger partial charge in [0.25, 0.3) is 0 Å². The molecule has 4 nitrogen and oxygen atoms in total. The predicted molar refractivity (Wildman–Crippen MR) is 84.5 cm³/mol. The number of carbonyl (C=O) groups is 1. The molecule has 0 spiro atoms. The molecule has 21 heavy (non-hydrogen) atoms. The SMILES string of the molecule is COc1ccccc1[C@H](C)NC(=O)CNc1ccccc1. The summed E-state index contributed by atoms with van der Waals surface area (Å²) in [5, 5.41) is 6.05. The number of hydrogen-bond donors (Lipinski definition) is 2. The van der Waals surface area contributed by atoms with Crippen LogP contribution in [0.15, 0.2) is 54.6 Å². The topological polar surface area (TPSA) is 50.4 Å². The van der Waals surface area contributed by atoms with E-state index < -0.39 is 0 Å². The number of para-hydroxylation sites is 2. The Labute approximate surface area is 125 Å². The van der Waals surface area contributed by atoms with Crippen LogP contribution in [0.3, 0.4) is 0 Å². The van der Waals surface area contributed by atoms with Crippen molar-refractivity contribution in [2.75, 3.05) is 19.0 Å². The predicted octanol–water partition coefficient (Wildman–Crippen LogP) is 2.98. The van der Waals surface area contributed by atoms with Crippen LogP contribution in [0.5, 0.6) is 5.75 Å². The standard InChI is InChI=1S/C17H20N2O2/c1-13(15-10-6-7-11-16(15)21-2)19-17(20)12-18-14-8-4-3-5-9-14/h3-11,13,18H,12H2,1-2H3,(H,19,20)/t13-/m0/s1. The Hall–Kier alpha value is -2.49. The molecule has 0 aromatic heterocycles. The number of anilines is 1. The van der Waals surface area contributed by atoms with E-state index in [1.54, 1.807) is 7.11 Å². The molecule has 1 atom stereocenters. The molecule has 0 aliphatic carbocycles. The minimum Gasteiger partial charge on any atom is -0.496 e. The van der Waals surface area contributed by atoms with E-state index in [0.717, 1.165) is 17.0 Å². The molecule has 2 rings (SSSR count). The summed E-state index contributed by atoms with van der Waals surface area (Å²) in [5.41, 5.74) is 1.89.